The molecule has 0 amide bonds. The predicted molar refractivity (Wildman–Crippen MR) is 111 cm³/mol. The minimum atomic E-state index is 0. The zero-order valence-corrected chi connectivity index (χ0v) is 17.2. The molecule has 1 aliphatic heterocycles. The van der Waals surface area contributed by atoms with Gasteiger partial charge in [-0.05, 0) is 12.1 Å². The molecule has 11 heteroatoms. The van der Waals surface area contributed by atoms with Crippen molar-refractivity contribution in [2.24, 2.45) is 0 Å². The smallest absolute Gasteiger partial charge is 0.189 e. The monoisotopic (exact) mass is 421 g/mol. The number of ether oxygens (including phenoxy) is 3. The van der Waals surface area contributed by atoms with Gasteiger partial charge in [-0.25, -0.2) is 9.97 Å². The van der Waals surface area contributed by atoms with E-state index in [0.29, 0.717) is 28.5 Å². The lowest BCUT2D eigenvalue weighted by Crippen LogP contribution is -2.39. The minimum absolute atomic E-state index is 0. The van der Waals surface area contributed by atoms with Crippen LogP contribution in [0.2, 0.25) is 0 Å². The number of rotatable bonds is 7. The Morgan fingerprint density at radius 3 is 2.66 bits per heavy atom. The van der Waals surface area contributed by atoms with Gasteiger partial charge in [-0.2, -0.15) is 4.68 Å². The van der Waals surface area contributed by atoms with Crippen LogP contribution in [0.15, 0.2) is 24.5 Å². The largest absolute Gasteiger partial charge is 0.493 e. The first kappa shape index (κ1) is 21.0. The fourth-order valence-electron chi connectivity index (χ4n) is 3.17. The van der Waals surface area contributed by atoms with Gasteiger partial charge in [0.25, 0.3) is 0 Å². The van der Waals surface area contributed by atoms with Crippen molar-refractivity contribution in [3.8, 4) is 17.2 Å². The molecule has 0 saturated carbocycles. The van der Waals surface area contributed by atoms with Gasteiger partial charge in [-0.15, -0.1) is 17.5 Å². The third-order valence-electron chi connectivity index (χ3n) is 4.67. The highest BCUT2D eigenvalue weighted by Crippen LogP contribution is 2.30. The van der Waals surface area contributed by atoms with E-state index in [1.807, 2.05) is 18.2 Å². The van der Waals surface area contributed by atoms with E-state index in [9.17, 15) is 0 Å². The molecule has 1 fully saturated rings. The van der Waals surface area contributed by atoms with E-state index in [-0.39, 0.29) is 12.4 Å². The number of halogens is 1. The van der Waals surface area contributed by atoms with Crippen LogP contribution in [0.3, 0.4) is 0 Å². The molecule has 0 radical (unpaired) electrons. The van der Waals surface area contributed by atoms with Crippen molar-refractivity contribution < 1.29 is 14.2 Å². The zero-order chi connectivity index (χ0) is 19.3. The highest BCUT2D eigenvalue weighted by atomic mass is 35.5. The molecule has 1 saturated heterocycles. The molecule has 1 N–H and O–H groups in total. The first-order valence-corrected chi connectivity index (χ1v) is 9.13. The summed E-state index contributed by atoms with van der Waals surface area (Å²) < 4.78 is 17.7. The third-order valence-corrected chi connectivity index (χ3v) is 4.67. The lowest BCUT2D eigenvalue weighted by molar-refractivity contribution is 0.0398. The van der Waals surface area contributed by atoms with E-state index in [1.54, 1.807) is 18.9 Å². The molecule has 0 bridgehead atoms. The standard InChI is InChI=1S/C18H23N7O3.ClH/c1-26-14-4-3-13(11-15(14)27-2)25-18-16(22-23-25)17(20-12-21-18)19-5-6-24-7-9-28-10-8-24;/h3-4,11-12H,5-10H2,1-2H3,(H,19,20,21);1H. The number of benzene rings is 1. The second-order valence-electron chi connectivity index (χ2n) is 6.32. The lowest BCUT2D eigenvalue weighted by atomic mass is 10.2. The number of nitrogens with one attached hydrogen (secondary N) is 1. The van der Waals surface area contributed by atoms with E-state index in [0.717, 1.165) is 45.1 Å². The Labute approximate surface area is 174 Å². The number of methoxy groups -OCH3 is 2. The Bertz CT molecular complexity index is 946. The van der Waals surface area contributed by atoms with E-state index in [2.05, 4.69) is 30.5 Å². The number of anilines is 1. The number of hydrogen-bond donors (Lipinski definition) is 1. The van der Waals surface area contributed by atoms with Gasteiger partial charge in [-0.3, -0.25) is 4.90 Å². The van der Waals surface area contributed by atoms with Gasteiger partial charge >= 0.3 is 0 Å². The molecule has 3 heterocycles. The third kappa shape index (κ3) is 4.50. The molecule has 0 atom stereocenters. The van der Waals surface area contributed by atoms with Crippen molar-refractivity contribution in [2.45, 2.75) is 0 Å². The Hall–Kier alpha value is -2.69. The van der Waals surface area contributed by atoms with Crippen LogP contribution in [0.25, 0.3) is 16.9 Å². The SMILES string of the molecule is COc1ccc(-n2nnc3c(NCCN4CCOCC4)ncnc32)cc1OC.Cl. The minimum Gasteiger partial charge on any atom is -0.493 e. The second-order valence-corrected chi connectivity index (χ2v) is 6.32. The topological polar surface area (TPSA) is 99.5 Å². The zero-order valence-electron chi connectivity index (χ0n) is 16.4. The maximum Gasteiger partial charge on any atom is 0.189 e. The molecular formula is C18H24ClN7O3. The Morgan fingerprint density at radius 2 is 1.90 bits per heavy atom. The summed E-state index contributed by atoms with van der Waals surface area (Å²) in [5.74, 6) is 1.93. The molecule has 156 valence electrons. The molecule has 3 aromatic rings. The van der Waals surface area contributed by atoms with Crippen LogP contribution in [-0.2, 0) is 4.74 Å². The molecule has 1 aromatic carbocycles. The summed E-state index contributed by atoms with van der Waals surface area (Å²) in [4.78, 5) is 11.1. The summed E-state index contributed by atoms with van der Waals surface area (Å²) in [5.41, 5.74) is 2.02. The van der Waals surface area contributed by atoms with E-state index in [4.69, 9.17) is 14.2 Å². The number of hydrogen-bond acceptors (Lipinski definition) is 9. The highest BCUT2D eigenvalue weighted by Gasteiger charge is 2.15. The molecule has 0 aliphatic carbocycles. The first-order valence-electron chi connectivity index (χ1n) is 9.13. The molecule has 1 aliphatic rings. The van der Waals surface area contributed by atoms with Crippen LogP contribution < -0.4 is 14.8 Å². The lowest BCUT2D eigenvalue weighted by Gasteiger charge is -2.26. The van der Waals surface area contributed by atoms with Gasteiger partial charge in [0.2, 0.25) is 0 Å². The fourth-order valence-corrected chi connectivity index (χ4v) is 3.17. The molecular weight excluding hydrogens is 398 g/mol. The average molecular weight is 422 g/mol. The second kappa shape index (κ2) is 9.68. The maximum atomic E-state index is 5.38. The van der Waals surface area contributed by atoms with Gasteiger partial charge in [0.15, 0.2) is 28.5 Å². The summed E-state index contributed by atoms with van der Waals surface area (Å²) in [7, 11) is 3.20. The van der Waals surface area contributed by atoms with Crippen molar-refractivity contribution in [3.63, 3.8) is 0 Å². The van der Waals surface area contributed by atoms with Crippen LogP contribution in [0.1, 0.15) is 0 Å². The summed E-state index contributed by atoms with van der Waals surface area (Å²) in [6, 6.07) is 5.54. The summed E-state index contributed by atoms with van der Waals surface area (Å²) in [5, 5.41) is 11.9. The molecule has 2 aromatic heterocycles. The Morgan fingerprint density at radius 1 is 1.10 bits per heavy atom. The van der Waals surface area contributed by atoms with Crippen molar-refractivity contribution in [2.75, 3.05) is 58.9 Å². The summed E-state index contributed by atoms with van der Waals surface area (Å²) >= 11 is 0. The Kier molecular flexibility index (Phi) is 7.02. The van der Waals surface area contributed by atoms with Crippen molar-refractivity contribution in [1.29, 1.82) is 0 Å². The molecule has 10 nitrogen and oxygen atoms in total. The quantitative estimate of drug-likeness (QED) is 0.606. The van der Waals surface area contributed by atoms with Crippen molar-refractivity contribution in [3.05, 3.63) is 24.5 Å². The van der Waals surface area contributed by atoms with Gasteiger partial charge in [0.05, 0.1) is 33.1 Å². The van der Waals surface area contributed by atoms with Gasteiger partial charge in [-0.1, -0.05) is 5.21 Å². The van der Waals surface area contributed by atoms with E-state index in [1.165, 1.54) is 6.33 Å². The number of aromatic nitrogens is 5. The summed E-state index contributed by atoms with van der Waals surface area (Å²) in [6.07, 6.45) is 1.51. The molecule has 4 rings (SSSR count). The summed E-state index contributed by atoms with van der Waals surface area (Å²) in [6.45, 7) is 5.16. The van der Waals surface area contributed by atoms with Crippen LogP contribution in [0.4, 0.5) is 5.82 Å². The predicted octanol–water partition coefficient (Wildman–Crippen LogP) is 1.39. The van der Waals surface area contributed by atoms with Crippen molar-refractivity contribution >= 4 is 29.4 Å². The van der Waals surface area contributed by atoms with Crippen LogP contribution in [0, 0.1) is 0 Å². The van der Waals surface area contributed by atoms with E-state index < -0.39 is 0 Å². The van der Waals surface area contributed by atoms with Gasteiger partial charge in [0, 0.05) is 32.2 Å². The molecule has 0 spiro atoms. The normalized spacial score (nSPS) is 14.4. The molecule has 0 unspecified atom stereocenters. The fraction of sp³-hybridized carbons (Fsp3) is 0.444. The van der Waals surface area contributed by atoms with Crippen molar-refractivity contribution in [1.82, 2.24) is 29.9 Å². The maximum absolute atomic E-state index is 5.38. The van der Waals surface area contributed by atoms with Gasteiger partial charge in [0.1, 0.15) is 6.33 Å². The van der Waals surface area contributed by atoms with Crippen LogP contribution in [0.5, 0.6) is 11.5 Å². The average Bonchev–Trinajstić information content (AvgIpc) is 3.19. The number of nitrogens with zero attached hydrogens (tertiary/aromatic N) is 6. The van der Waals surface area contributed by atoms with Gasteiger partial charge < -0.3 is 19.5 Å². The highest BCUT2D eigenvalue weighted by molar-refractivity contribution is 5.85. The van der Waals surface area contributed by atoms with Crippen LogP contribution >= 0.6 is 12.4 Å². The molecule has 29 heavy (non-hydrogen) atoms. The number of fused-ring (bicyclic) bond motifs is 1. The van der Waals surface area contributed by atoms with Crippen LogP contribution in [-0.4, -0.2) is 83.5 Å². The first-order chi connectivity index (χ1) is 13.8. The number of morpholine rings is 1. The van der Waals surface area contributed by atoms with E-state index >= 15 is 0 Å². The Balaban J connectivity index is 0.00000240.